The highest BCUT2D eigenvalue weighted by Crippen LogP contribution is 2.29. The van der Waals surface area contributed by atoms with Gasteiger partial charge in [0.2, 0.25) is 0 Å². The number of aliphatic hydroxyl groups excluding tert-OH is 1. The average Bonchev–Trinajstić information content (AvgIpc) is 2.33. The van der Waals surface area contributed by atoms with E-state index in [0.717, 1.165) is 9.13 Å². The highest BCUT2D eigenvalue weighted by Gasteiger charge is 2.03. The van der Waals surface area contributed by atoms with Gasteiger partial charge in [-0.25, -0.2) is 0 Å². The molecule has 0 saturated carbocycles. The summed E-state index contributed by atoms with van der Waals surface area (Å²) in [5, 5.41) is 9.04. The molecule has 0 aliphatic rings. The van der Waals surface area contributed by atoms with Gasteiger partial charge in [0.15, 0.2) is 0 Å². The van der Waals surface area contributed by atoms with Crippen LogP contribution >= 0.6 is 22.6 Å². The lowest BCUT2D eigenvalue weighted by Crippen LogP contribution is -1.93. The molecule has 0 bridgehead atoms. The number of anilines is 1. The van der Waals surface area contributed by atoms with E-state index < -0.39 is 0 Å². The molecular weight excluding hydrogens is 329 g/mol. The molecule has 17 heavy (non-hydrogen) atoms. The largest absolute Gasteiger partial charge is 0.455 e. The minimum absolute atomic E-state index is 0.000625. The number of hydrogen-bond donors (Lipinski definition) is 2. The van der Waals surface area contributed by atoms with Gasteiger partial charge in [0.05, 0.1) is 12.3 Å². The van der Waals surface area contributed by atoms with Crippen LogP contribution in [0.1, 0.15) is 5.56 Å². The quantitative estimate of drug-likeness (QED) is 0.666. The number of nitrogens with two attached hydrogens (primary N) is 1. The predicted molar refractivity (Wildman–Crippen MR) is 76.0 cm³/mol. The minimum Gasteiger partial charge on any atom is -0.455 e. The van der Waals surface area contributed by atoms with Gasteiger partial charge in [0.25, 0.3) is 0 Å². The Labute approximate surface area is 113 Å². The van der Waals surface area contributed by atoms with Gasteiger partial charge in [0, 0.05) is 3.57 Å². The molecule has 3 nitrogen and oxygen atoms in total. The second-order valence-corrected chi connectivity index (χ2v) is 4.84. The number of hydrogen-bond acceptors (Lipinski definition) is 3. The van der Waals surface area contributed by atoms with Crippen LogP contribution in [0.15, 0.2) is 42.5 Å². The third kappa shape index (κ3) is 3.10. The van der Waals surface area contributed by atoms with E-state index in [1.54, 1.807) is 6.07 Å². The first-order valence-electron chi connectivity index (χ1n) is 5.12. The van der Waals surface area contributed by atoms with Crippen LogP contribution in [0.4, 0.5) is 5.69 Å². The fraction of sp³-hybridized carbons (Fsp3) is 0.0769. The molecule has 0 aliphatic carbocycles. The van der Waals surface area contributed by atoms with Gasteiger partial charge in [-0.15, -0.1) is 0 Å². The first-order chi connectivity index (χ1) is 8.19. The van der Waals surface area contributed by atoms with Gasteiger partial charge in [-0.3, -0.25) is 0 Å². The van der Waals surface area contributed by atoms with Crippen LogP contribution in [0.2, 0.25) is 0 Å². The predicted octanol–water partition coefficient (Wildman–Crippen LogP) is 3.16. The number of ether oxygens (including phenoxy) is 1. The van der Waals surface area contributed by atoms with Crippen LogP contribution in [0, 0.1) is 3.57 Å². The zero-order valence-corrected chi connectivity index (χ0v) is 11.2. The van der Waals surface area contributed by atoms with Crippen LogP contribution in [0.25, 0.3) is 0 Å². The van der Waals surface area contributed by atoms with E-state index in [0.29, 0.717) is 17.2 Å². The molecule has 0 heterocycles. The summed E-state index contributed by atoms with van der Waals surface area (Å²) in [7, 11) is 0. The molecule has 0 fully saturated rings. The molecule has 2 rings (SSSR count). The standard InChI is InChI=1S/C13H12INO2/c14-10-4-5-13(12(15)7-10)17-11-3-1-2-9(6-11)8-16/h1-7,16H,8,15H2. The van der Waals surface area contributed by atoms with Crippen LogP contribution < -0.4 is 10.5 Å². The first kappa shape index (κ1) is 12.2. The molecule has 0 saturated heterocycles. The van der Waals surface area contributed by atoms with Crippen molar-refractivity contribution in [2.24, 2.45) is 0 Å². The molecule has 2 aromatic carbocycles. The molecule has 0 amide bonds. The Morgan fingerprint density at radius 1 is 1.18 bits per heavy atom. The van der Waals surface area contributed by atoms with Gasteiger partial charge in [-0.2, -0.15) is 0 Å². The van der Waals surface area contributed by atoms with Crippen molar-refractivity contribution in [3.05, 3.63) is 51.6 Å². The Hall–Kier alpha value is -1.27. The van der Waals surface area contributed by atoms with Crippen molar-refractivity contribution in [1.82, 2.24) is 0 Å². The van der Waals surface area contributed by atoms with Crippen LogP contribution in [0.5, 0.6) is 11.5 Å². The van der Waals surface area contributed by atoms with E-state index in [1.807, 2.05) is 36.4 Å². The molecular formula is C13H12INO2. The van der Waals surface area contributed by atoms with E-state index in [9.17, 15) is 0 Å². The van der Waals surface area contributed by atoms with Crippen molar-refractivity contribution in [3.8, 4) is 11.5 Å². The summed E-state index contributed by atoms with van der Waals surface area (Å²) < 4.78 is 6.73. The van der Waals surface area contributed by atoms with Gasteiger partial charge < -0.3 is 15.6 Å². The normalized spacial score (nSPS) is 10.2. The summed E-state index contributed by atoms with van der Waals surface area (Å²) in [6.45, 7) is -0.000625. The van der Waals surface area contributed by atoms with Gasteiger partial charge in [-0.05, 0) is 58.5 Å². The molecule has 0 radical (unpaired) electrons. The highest BCUT2D eigenvalue weighted by atomic mass is 127. The Morgan fingerprint density at radius 3 is 2.71 bits per heavy atom. The monoisotopic (exact) mass is 341 g/mol. The van der Waals surface area contributed by atoms with Crippen molar-refractivity contribution in [1.29, 1.82) is 0 Å². The Morgan fingerprint density at radius 2 is 2.00 bits per heavy atom. The second-order valence-electron chi connectivity index (χ2n) is 3.59. The zero-order chi connectivity index (χ0) is 12.3. The molecule has 0 unspecified atom stereocenters. The van der Waals surface area contributed by atoms with E-state index in [4.69, 9.17) is 15.6 Å². The number of aliphatic hydroxyl groups is 1. The molecule has 3 N–H and O–H groups in total. The van der Waals surface area contributed by atoms with Gasteiger partial charge in [-0.1, -0.05) is 12.1 Å². The summed E-state index contributed by atoms with van der Waals surface area (Å²) in [5.41, 5.74) is 7.28. The molecule has 88 valence electrons. The van der Waals surface area contributed by atoms with Crippen molar-refractivity contribution >= 4 is 28.3 Å². The third-order valence-corrected chi connectivity index (χ3v) is 2.95. The fourth-order valence-corrected chi connectivity index (χ4v) is 1.96. The van der Waals surface area contributed by atoms with Crippen molar-refractivity contribution in [2.75, 3.05) is 5.73 Å². The molecule has 0 atom stereocenters. The zero-order valence-electron chi connectivity index (χ0n) is 9.06. The van der Waals surface area contributed by atoms with Crippen molar-refractivity contribution in [3.63, 3.8) is 0 Å². The lowest BCUT2D eigenvalue weighted by molar-refractivity contribution is 0.281. The summed E-state index contributed by atoms with van der Waals surface area (Å²) in [4.78, 5) is 0. The molecule has 4 heteroatoms. The summed E-state index contributed by atoms with van der Waals surface area (Å²) in [5.74, 6) is 1.30. The fourth-order valence-electron chi connectivity index (χ4n) is 1.45. The SMILES string of the molecule is Nc1cc(I)ccc1Oc1cccc(CO)c1. The lowest BCUT2D eigenvalue weighted by Gasteiger charge is -2.09. The molecule has 0 aromatic heterocycles. The third-order valence-electron chi connectivity index (χ3n) is 2.28. The lowest BCUT2D eigenvalue weighted by atomic mass is 10.2. The molecule has 0 aliphatic heterocycles. The van der Waals surface area contributed by atoms with Crippen LogP contribution in [-0.4, -0.2) is 5.11 Å². The first-order valence-corrected chi connectivity index (χ1v) is 6.19. The molecule has 2 aromatic rings. The average molecular weight is 341 g/mol. The van der Waals surface area contributed by atoms with E-state index in [1.165, 1.54) is 0 Å². The Bertz CT molecular complexity index is 529. The number of benzene rings is 2. The van der Waals surface area contributed by atoms with Gasteiger partial charge >= 0.3 is 0 Å². The summed E-state index contributed by atoms with van der Waals surface area (Å²) in [6.07, 6.45) is 0. The number of rotatable bonds is 3. The topological polar surface area (TPSA) is 55.5 Å². The highest BCUT2D eigenvalue weighted by molar-refractivity contribution is 14.1. The van der Waals surface area contributed by atoms with Gasteiger partial charge in [0.1, 0.15) is 11.5 Å². The minimum atomic E-state index is -0.000625. The smallest absolute Gasteiger partial charge is 0.150 e. The Balaban J connectivity index is 2.25. The van der Waals surface area contributed by atoms with Crippen LogP contribution in [0.3, 0.4) is 0 Å². The molecule has 0 spiro atoms. The maximum Gasteiger partial charge on any atom is 0.150 e. The van der Waals surface area contributed by atoms with E-state index in [2.05, 4.69) is 22.6 Å². The maximum absolute atomic E-state index is 9.04. The van der Waals surface area contributed by atoms with Crippen molar-refractivity contribution in [2.45, 2.75) is 6.61 Å². The maximum atomic E-state index is 9.04. The summed E-state index contributed by atoms with van der Waals surface area (Å²) in [6, 6.07) is 12.9. The van der Waals surface area contributed by atoms with Crippen molar-refractivity contribution < 1.29 is 9.84 Å². The summed E-state index contributed by atoms with van der Waals surface area (Å²) >= 11 is 2.20. The second kappa shape index (κ2) is 5.37. The van der Waals surface area contributed by atoms with Crippen LogP contribution in [-0.2, 0) is 6.61 Å². The number of nitrogen functional groups attached to an aromatic ring is 1. The number of halogens is 1. The van der Waals surface area contributed by atoms with E-state index in [-0.39, 0.29) is 6.61 Å². The van der Waals surface area contributed by atoms with E-state index >= 15 is 0 Å². The Kier molecular flexibility index (Phi) is 3.86.